The summed E-state index contributed by atoms with van der Waals surface area (Å²) in [5, 5.41) is 6.06. The van der Waals surface area contributed by atoms with Crippen molar-refractivity contribution in [2.24, 2.45) is 0 Å². The van der Waals surface area contributed by atoms with Crippen molar-refractivity contribution in [1.82, 2.24) is 4.98 Å². The number of nitrogens with one attached hydrogen (secondary N) is 2. The number of rotatable bonds is 6. The van der Waals surface area contributed by atoms with Gasteiger partial charge in [0.15, 0.2) is 0 Å². The van der Waals surface area contributed by atoms with Gasteiger partial charge in [-0.2, -0.15) is 0 Å². The highest BCUT2D eigenvalue weighted by molar-refractivity contribution is 6.04. The maximum Gasteiger partial charge on any atom is 0.255 e. The van der Waals surface area contributed by atoms with Crippen LogP contribution in [0, 0.1) is 0 Å². The second kappa shape index (κ2) is 8.71. The van der Waals surface area contributed by atoms with Gasteiger partial charge in [-0.15, -0.1) is 0 Å². The number of para-hydroxylation sites is 1. The molecule has 142 valence electrons. The molecule has 0 aliphatic heterocycles. The van der Waals surface area contributed by atoms with E-state index in [9.17, 15) is 4.79 Å². The van der Waals surface area contributed by atoms with Crippen LogP contribution in [0.2, 0.25) is 0 Å². The van der Waals surface area contributed by atoms with Gasteiger partial charge < -0.3 is 15.4 Å². The molecule has 29 heavy (non-hydrogen) atoms. The van der Waals surface area contributed by atoms with Crippen molar-refractivity contribution in [3.8, 4) is 11.5 Å². The number of nitrogens with zero attached hydrogens (tertiary/aromatic N) is 1. The number of amides is 1. The van der Waals surface area contributed by atoms with E-state index in [1.165, 1.54) is 0 Å². The monoisotopic (exact) mass is 381 g/mol. The molecule has 0 spiro atoms. The first-order valence-electron chi connectivity index (χ1n) is 9.19. The number of pyridine rings is 1. The fraction of sp³-hybridized carbons (Fsp3) is 0. The molecule has 0 bridgehead atoms. The number of carbonyl (C=O) groups excluding carboxylic acids is 1. The highest BCUT2D eigenvalue weighted by Gasteiger charge is 2.05. The first-order chi connectivity index (χ1) is 14.3. The quantitative estimate of drug-likeness (QED) is 0.438. The van der Waals surface area contributed by atoms with Crippen LogP contribution in [-0.4, -0.2) is 10.9 Å². The molecule has 0 unspecified atom stereocenters. The summed E-state index contributed by atoms with van der Waals surface area (Å²) in [6.07, 6.45) is 1.62. The summed E-state index contributed by atoms with van der Waals surface area (Å²) in [4.78, 5) is 16.5. The Labute approximate surface area is 169 Å². The third-order valence-electron chi connectivity index (χ3n) is 4.16. The van der Waals surface area contributed by atoms with Crippen LogP contribution >= 0.6 is 0 Å². The van der Waals surface area contributed by atoms with Gasteiger partial charge in [-0.3, -0.25) is 4.79 Å². The molecule has 0 saturated carbocycles. The van der Waals surface area contributed by atoms with E-state index in [1.807, 2.05) is 84.9 Å². The Morgan fingerprint density at radius 2 is 1.31 bits per heavy atom. The Morgan fingerprint density at radius 1 is 0.690 bits per heavy atom. The van der Waals surface area contributed by atoms with Gasteiger partial charge in [0.2, 0.25) is 0 Å². The predicted octanol–water partition coefficient (Wildman–Crippen LogP) is 5.87. The molecule has 3 aromatic carbocycles. The third-order valence-corrected chi connectivity index (χ3v) is 4.16. The van der Waals surface area contributed by atoms with Gasteiger partial charge >= 0.3 is 0 Å². The van der Waals surface area contributed by atoms with Gasteiger partial charge in [-0.25, -0.2) is 4.98 Å². The lowest BCUT2D eigenvalue weighted by Crippen LogP contribution is -2.11. The minimum atomic E-state index is -0.165. The van der Waals surface area contributed by atoms with Crippen molar-refractivity contribution in [1.29, 1.82) is 0 Å². The summed E-state index contributed by atoms with van der Waals surface area (Å²) in [5.41, 5.74) is 2.13. The minimum Gasteiger partial charge on any atom is -0.457 e. The van der Waals surface area contributed by atoms with Crippen LogP contribution in [0.1, 0.15) is 10.4 Å². The molecule has 0 saturated heterocycles. The number of benzene rings is 3. The summed E-state index contributed by atoms with van der Waals surface area (Å²) in [7, 11) is 0. The molecule has 0 radical (unpaired) electrons. The van der Waals surface area contributed by atoms with E-state index >= 15 is 0 Å². The average molecular weight is 381 g/mol. The zero-order valence-electron chi connectivity index (χ0n) is 15.6. The molecule has 1 amide bonds. The Balaban J connectivity index is 1.35. The summed E-state index contributed by atoms with van der Waals surface area (Å²) in [6, 6.07) is 30.0. The number of carbonyl (C=O) groups is 1. The zero-order valence-corrected chi connectivity index (χ0v) is 15.6. The highest BCUT2D eigenvalue weighted by atomic mass is 16.5. The van der Waals surface area contributed by atoms with Gasteiger partial charge in [0.1, 0.15) is 17.3 Å². The fourth-order valence-corrected chi connectivity index (χ4v) is 2.71. The smallest absolute Gasteiger partial charge is 0.255 e. The molecule has 1 heterocycles. The van der Waals surface area contributed by atoms with Gasteiger partial charge in [0.25, 0.3) is 5.91 Å². The third kappa shape index (κ3) is 4.99. The van der Waals surface area contributed by atoms with Crippen molar-refractivity contribution in [3.05, 3.63) is 109 Å². The van der Waals surface area contributed by atoms with Crippen LogP contribution in [0.4, 0.5) is 17.2 Å². The Morgan fingerprint density at radius 3 is 1.97 bits per heavy atom. The summed E-state index contributed by atoms with van der Waals surface area (Å²) in [5.74, 6) is 2.07. The Bertz CT molecular complexity index is 1060. The SMILES string of the molecule is O=C(Nc1ccc(Nc2ccc(Oc3ccccc3)cc2)nc1)c1ccccc1. The van der Waals surface area contributed by atoms with Crippen molar-refractivity contribution in [2.45, 2.75) is 0 Å². The second-order valence-corrected chi connectivity index (χ2v) is 6.32. The summed E-state index contributed by atoms with van der Waals surface area (Å²) in [6.45, 7) is 0. The van der Waals surface area contributed by atoms with Crippen molar-refractivity contribution < 1.29 is 9.53 Å². The van der Waals surface area contributed by atoms with Gasteiger partial charge in [0.05, 0.1) is 11.9 Å². The first-order valence-corrected chi connectivity index (χ1v) is 9.19. The lowest BCUT2D eigenvalue weighted by molar-refractivity contribution is 0.102. The molecular weight excluding hydrogens is 362 g/mol. The van der Waals surface area contributed by atoms with Crippen LogP contribution in [0.15, 0.2) is 103 Å². The molecule has 2 N–H and O–H groups in total. The van der Waals surface area contributed by atoms with Crippen LogP contribution in [0.3, 0.4) is 0 Å². The Kier molecular flexibility index (Phi) is 5.48. The average Bonchev–Trinajstić information content (AvgIpc) is 2.78. The van der Waals surface area contributed by atoms with E-state index in [2.05, 4.69) is 15.6 Å². The van der Waals surface area contributed by atoms with Gasteiger partial charge in [0, 0.05) is 11.3 Å². The molecule has 1 aromatic heterocycles. The van der Waals surface area contributed by atoms with Crippen LogP contribution < -0.4 is 15.4 Å². The predicted molar refractivity (Wildman–Crippen MR) is 115 cm³/mol. The van der Waals surface area contributed by atoms with E-state index in [1.54, 1.807) is 18.3 Å². The van der Waals surface area contributed by atoms with Crippen molar-refractivity contribution >= 4 is 23.1 Å². The van der Waals surface area contributed by atoms with E-state index in [-0.39, 0.29) is 5.91 Å². The zero-order chi connectivity index (χ0) is 19.9. The normalized spacial score (nSPS) is 10.2. The largest absolute Gasteiger partial charge is 0.457 e. The van der Waals surface area contributed by atoms with Crippen LogP contribution in [-0.2, 0) is 0 Å². The number of ether oxygens (including phenoxy) is 1. The molecular formula is C24H19N3O2. The molecule has 4 rings (SSSR count). The first kappa shape index (κ1) is 18.3. The molecule has 0 atom stereocenters. The van der Waals surface area contributed by atoms with E-state index in [0.717, 1.165) is 17.2 Å². The lowest BCUT2D eigenvalue weighted by Gasteiger charge is -2.09. The van der Waals surface area contributed by atoms with E-state index < -0.39 is 0 Å². The van der Waals surface area contributed by atoms with Crippen LogP contribution in [0.5, 0.6) is 11.5 Å². The Hall–Kier alpha value is -4.12. The maximum absolute atomic E-state index is 12.2. The number of aromatic nitrogens is 1. The molecule has 5 heteroatoms. The van der Waals surface area contributed by atoms with Crippen molar-refractivity contribution in [3.63, 3.8) is 0 Å². The van der Waals surface area contributed by atoms with Crippen LogP contribution in [0.25, 0.3) is 0 Å². The van der Waals surface area contributed by atoms with E-state index in [4.69, 9.17) is 4.74 Å². The minimum absolute atomic E-state index is 0.165. The molecule has 0 aliphatic carbocycles. The highest BCUT2D eigenvalue weighted by Crippen LogP contribution is 2.24. The number of anilines is 3. The molecule has 0 aliphatic rings. The number of hydrogen-bond donors (Lipinski definition) is 2. The molecule has 5 nitrogen and oxygen atoms in total. The fourth-order valence-electron chi connectivity index (χ4n) is 2.71. The lowest BCUT2D eigenvalue weighted by atomic mass is 10.2. The topological polar surface area (TPSA) is 63.2 Å². The van der Waals surface area contributed by atoms with E-state index in [0.29, 0.717) is 17.1 Å². The summed E-state index contributed by atoms with van der Waals surface area (Å²) < 4.78 is 5.79. The van der Waals surface area contributed by atoms with Gasteiger partial charge in [-0.05, 0) is 60.7 Å². The second-order valence-electron chi connectivity index (χ2n) is 6.32. The standard InChI is InChI=1S/C24H19N3O2/c28-24(18-7-3-1-4-8-18)27-20-13-16-23(25-17-20)26-19-11-14-22(15-12-19)29-21-9-5-2-6-10-21/h1-17H,(H,25,26)(H,27,28). The van der Waals surface area contributed by atoms with Crippen molar-refractivity contribution in [2.75, 3.05) is 10.6 Å². The van der Waals surface area contributed by atoms with Gasteiger partial charge in [-0.1, -0.05) is 36.4 Å². The molecule has 4 aromatic rings. The molecule has 0 fully saturated rings. The maximum atomic E-state index is 12.2. The number of hydrogen-bond acceptors (Lipinski definition) is 4. The summed E-state index contributed by atoms with van der Waals surface area (Å²) >= 11 is 0.